The molecule has 0 aliphatic carbocycles. The van der Waals surface area contributed by atoms with Gasteiger partial charge in [0.1, 0.15) is 11.8 Å². The topological polar surface area (TPSA) is 65.1 Å². The molecule has 12 heteroatoms. The highest BCUT2D eigenvalue weighted by molar-refractivity contribution is 7.52. The largest absolute Gasteiger partial charge is 0.516 e. The smallest absolute Gasteiger partial charge is 0.462 e. The molecule has 0 saturated carbocycles. The van der Waals surface area contributed by atoms with E-state index in [1.54, 1.807) is 19.9 Å². The van der Waals surface area contributed by atoms with Gasteiger partial charge in [-0.3, -0.25) is 4.79 Å². The molecule has 0 bridgehead atoms. The SMILES string of the molecule is CC(C)OC(=O)[C@H](C)N(C)P(=O)(Oc1ccccc1)Oc1c(F)c(F)c(F)c(F)c1F. The first-order valence-electron chi connectivity index (χ1n) is 8.88. The van der Waals surface area contributed by atoms with Crippen molar-refractivity contribution in [3.8, 4) is 11.5 Å². The van der Waals surface area contributed by atoms with Crippen molar-refractivity contribution < 1.29 is 45.1 Å². The number of nitrogens with zero attached hydrogens (tertiary/aromatic N) is 1. The Morgan fingerprint density at radius 1 is 0.871 bits per heavy atom. The average Bonchev–Trinajstić information content (AvgIpc) is 2.73. The van der Waals surface area contributed by atoms with E-state index < -0.39 is 60.7 Å². The van der Waals surface area contributed by atoms with Gasteiger partial charge in [-0.25, -0.2) is 17.7 Å². The van der Waals surface area contributed by atoms with E-state index in [1.165, 1.54) is 31.2 Å². The van der Waals surface area contributed by atoms with E-state index in [0.29, 0.717) is 4.67 Å². The monoisotopic (exact) mass is 467 g/mol. The van der Waals surface area contributed by atoms with Crippen LogP contribution in [0, 0.1) is 29.1 Å². The summed E-state index contributed by atoms with van der Waals surface area (Å²) in [5.74, 6) is -14.5. The van der Waals surface area contributed by atoms with Crippen molar-refractivity contribution in [2.75, 3.05) is 7.05 Å². The molecule has 0 amide bonds. The van der Waals surface area contributed by atoms with Crippen LogP contribution in [0.2, 0.25) is 0 Å². The average molecular weight is 467 g/mol. The number of likely N-dealkylation sites (N-methyl/N-ethyl adjacent to an activating group) is 1. The third-order valence-electron chi connectivity index (χ3n) is 3.98. The molecule has 0 saturated heterocycles. The molecule has 2 atom stereocenters. The van der Waals surface area contributed by atoms with Crippen molar-refractivity contribution in [2.45, 2.75) is 32.9 Å². The maximum atomic E-state index is 14.1. The van der Waals surface area contributed by atoms with E-state index in [-0.39, 0.29) is 5.75 Å². The second kappa shape index (κ2) is 9.65. The van der Waals surface area contributed by atoms with Crippen LogP contribution in [0.15, 0.2) is 30.3 Å². The number of halogens is 5. The molecule has 0 radical (unpaired) electrons. The molecule has 170 valence electrons. The molecule has 0 fully saturated rings. The van der Waals surface area contributed by atoms with Gasteiger partial charge in [-0.2, -0.15) is 13.5 Å². The highest BCUT2D eigenvalue weighted by atomic mass is 31.2. The first-order valence-corrected chi connectivity index (χ1v) is 10.4. The fourth-order valence-electron chi connectivity index (χ4n) is 2.24. The molecule has 2 aromatic rings. The second-order valence-electron chi connectivity index (χ2n) is 6.60. The Morgan fingerprint density at radius 3 is 1.84 bits per heavy atom. The summed E-state index contributed by atoms with van der Waals surface area (Å²) in [6, 6.07) is 5.77. The fourth-order valence-corrected chi connectivity index (χ4v) is 3.83. The zero-order valence-corrected chi connectivity index (χ0v) is 17.8. The Kier molecular flexibility index (Phi) is 7.67. The third-order valence-corrected chi connectivity index (χ3v) is 5.95. The van der Waals surface area contributed by atoms with Crippen molar-refractivity contribution >= 4 is 13.7 Å². The molecule has 0 N–H and O–H groups in total. The van der Waals surface area contributed by atoms with E-state index in [9.17, 15) is 31.3 Å². The normalized spacial score (nSPS) is 14.3. The standard InChI is InChI=1S/C19H19F5NO5P/c1-10(2)28-19(26)11(3)25(4)31(27,29-12-8-6-5-7-9-12)30-18-16(23)14(21)13(20)15(22)17(18)24/h5-11H,1-4H3/t11-,31?/m0/s1. The summed E-state index contributed by atoms with van der Waals surface area (Å²) in [7, 11) is -3.88. The van der Waals surface area contributed by atoms with Crippen molar-refractivity contribution in [3.63, 3.8) is 0 Å². The van der Waals surface area contributed by atoms with Crippen molar-refractivity contribution in [1.29, 1.82) is 0 Å². The summed E-state index contributed by atoms with van der Waals surface area (Å²) in [4.78, 5) is 12.2. The predicted molar refractivity (Wildman–Crippen MR) is 100.0 cm³/mol. The van der Waals surface area contributed by atoms with Crippen LogP contribution in [0.3, 0.4) is 0 Å². The van der Waals surface area contributed by atoms with E-state index in [0.717, 1.165) is 7.05 Å². The first kappa shape index (κ1) is 24.6. The van der Waals surface area contributed by atoms with Crippen LogP contribution in [-0.4, -0.2) is 29.8 Å². The van der Waals surface area contributed by atoms with Gasteiger partial charge in [-0.15, -0.1) is 0 Å². The summed E-state index contributed by atoms with van der Waals surface area (Å²) >= 11 is 0. The van der Waals surface area contributed by atoms with Crippen LogP contribution in [0.5, 0.6) is 11.5 Å². The molecule has 31 heavy (non-hydrogen) atoms. The van der Waals surface area contributed by atoms with Crippen LogP contribution in [-0.2, 0) is 14.1 Å². The van der Waals surface area contributed by atoms with Gasteiger partial charge in [0.2, 0.25) is 34.8 Å². The Balaban J connectivity index is 2.54. The van der Waals surface area contributed by atoms with Gasteiger partial charge in [0.15, 0.2) is 0 Å². The lowest BCUT2D eigenvalue weighted by Gasteiger charge is -2.30. The lowest BCUT2D eigenvalue weighted by molar-refractivity contribution is -0.151. The Labute approximate surface area is 175 Å². The maximum Gasteiger partial charge on any atom is 0.516 e. The van der Waals surface area contributed by atoms with Crippen LogP contribution in [0.25, 0.3) is 0 Å². The molecule has 0 aromatic heterocycles. The minimum absolute atomic E-state index is 0.119. The lowest BCUT2D eigenvalue weighted by atomic mass is 10.3. The van der Waals surface area contributed by atoms with Crippen molar-refractivity contribution in [2.24, 2.45) is 0 Å². The number of esters is 1. The summed E-state index contributed by atoms with van der Waals surface area (Å²) in [6.07, 6.45) is -0.547. The molecule has 0 aliphatic heterocycles. The number of carbonyl (C=O) groups is 1. The molecule has 0 spiro atoms. The van der Waals surface area contributed by atoms with Gasteiger partial charge in [-0.1, -0.05) is 18.2 Å². The van der Waals surface area contributed by atoms with Crippen LogP contribution in [0.4, 0.5) is 22.0 Å². The number of para-hydroxylation sites is 1. The quantitative estimate of drug-likeness (QED) is 0.174. The Bertz CT molecular complexity index is 976. The van der Waals surface area contributed by atoms with E-state index in [2.05, 4.69) is 0 Å². The van der Waals surface area contributed by atoms with Gasteiger partial charge in [0, 0.05) is 7.05 Å². The van der Waals surface area contributed by atoms with E-state index >= 15 is 0 Å². The molecule has 1 unspecified atom stereocenters. The Hall–Kier alpha value is -2.65. The van der Waals surface area contributed by atoms with Gasteiger partial charge < -0.3 is 13.8 Å². The summed E-state index contributed by atoms with van der Waals surface area (Å²) < 4.78 is 97.9. The van der Waals surface area contributed by atoms with E-state index in [4.69, 9.17) is 13.8 Å². The fraction of sp³-hybridized carbons (Fsp3) is 0.316. The Morgan fingerprint density at radius 2 is 1.35 bits per heavy atom. The maximum absolute atomic E-state index is 14.1. The molecule has 6 nitrogen and oxygen atoms in total. The minimum atomic E-state index is -4.92. The zero-order valence-electron chi connectivity index (χ0n) is 16.9. The number of rotatable bonds is 8. The van der Waals surface area contributed by atoms with Crippen LogP contribution in [0.1, 0.15) is 20.8 Å². The molecule has 0 aliphatic rings. The van der Waals surface area contributed by atoms with Gasteiger partial charge in [-0.05, 0) is 32.9 Å². The lowest BCUT2D eigenvalue weighted by Crippen LogP contribution is -2.38. The summed E-state index contributed by atoms with van der Waals surface area (Å²) in [6.45, 7) is 4.33. The molecular weight excluding hydrogens is 448 g/mol. The third kappa shape index (κ3) is 5.34. The van der Waals surface area contributed by atoms with Crippen LogP contribution < -0.4 is 9.05 Å². The van der Waals surface area contributed by atoms with E-state index in [1.807, 2.05) is 0 Å². The molecular formula is C19H19F5NO5P. The summed E-state index contributed by atoms with van der Waals surface area (Å²) in [5, 5.41) is 0. The number of hydrogen-bond donors (Lipinski definition) is 0. The molecule has 2 rings (SSSR count). The van der Waals surface area contributed by atoms with Gasteiger partial charge in [0.05, 0.1) is 6.10 Å². The number of benzene rings is 2. The second-order valence-corrected chi connectivity index (χ2v) is 8.53. The van der Waals surface area contributed by atoms with Gasteiger partial charge >= 0.3 is 13.7 Å². The predicted octanol–water partition coefficient (Wildman–Crippen LogP) is 5.22. The molecule has 0 heterocycles. The molecule has 2 aromatic carbocycles. The highest BCUT2D eigenvalue weighted by Gasteiger charge is 2.43. The number of carbonyl (C=O) groups excluding carboxylic acids is 1. The van der Waals surface area contributed by atoms with Crippen molar-refractivity contribution in [1.82, 2.24) is 4.67 Å². The van der Waals surface area contributed by atoms with Crippen molar-refractivity contribution in [3.05, 3.63) is 59.4 Å². The highest BCUT2D eigenvalue weighted by Crippen LogP contribution is 2.53. The number of ether oxygens (including phenoxy) is 1. The zero-order chi connectivity index (χ0) is 23.5. The first-order chi connectivity index (χ1) is 14.4. The van der Waals surface area contributed by atoms with Crippen LogP contribution >= 0.6 is 7.75 Å². The van der Waals surface area contributed by atoms with Gasteiger partial charge in [0.25, 0.3) is 0 Å². The summed E-state index contributed by atoms with van der Waals surface area (Å²) in [5.41, 5.74) is 0. The minimum Gasteiger partial charge on any atom is -0.462 e. The number of hydrogen-bond acceptors (Lipinski definition) is 5.